The van der Waals surface area contributed by atoms with Crippen LogP contribution in [0.15, 0.2) is 23.4 Å². The van der Waals surface area contributed by atoms with Gasteiger partial charge in [-0.3, -0.25) is 0 Å². The van der Waals surface area contributed by atoms with Crippen LogP contribution >= 0.6 is 11.8 Å². The Morgan fingerprint density at radius 3 is 2.40 bits per heavy atom. The van der Waals surface area contributed by atoms with E-state index in [0.29, 0.717) is 0 Å². The van der Waals surface area contributed by atoms with Gasteiger partial charge in [0.15, 0.2) is 0 Å². The Kier molecular flexibility index (Phi) is 2.73. The summed E-state index contributed by atoms with van der Waals surface area (Å²) in [6, 6.07) is 6.28. The third kappa shape index (κ3) is 2.02. The Morgan fingerprint density at radius 2 is 1.80 bits per heavy atom. The molecule has 4 nitrogen and oxygen atoms in total. The third-order valence-electron chi connectivity index (χ3n) is 2.07. The smallest absolute Gasteiger partial charge is 0.187 e. The molecule has 1 heterocycles. The minimum Gasteiger partial charge on any atom is -0.187 e. The van der Waals surface area contributed by atoms with Gasteiger partial charge in [-0.2, -0.15) is 4.68 Å². The van der Waals surface area contributed by atoms with Gasteiger partial charge in [-0.15, -0.1) is 5.10 Å². The van der Waals surface area contributed by atoms with E-state index in [4.69, 9.17) is 0 Å². The Bertz CT molecular complexity index is 458. The number of aryl methyl sites for hydroxylation is 2. The van der Waals surface area contributed by atoms with Gasteiger partial charge in [0.1, 0.15) is 0 Å². The van der Waals surface area contributed by atoms with Crippen LogP contribution < -0.4 is 0 Å². The van der Waals surface area contributed by atoms with Crippen molar-refractivity contribution in [1.82, 2.24) is 20.2 Å². The average molecular weight is 220 g/mol. The summed E-state index contributed by atoms with van der Waals surface area (Å²) >= 11 is 1.54. The summed E-state index contributed by atoms with van der Waals surface area (Å²) in [7, 11) is 0. The molecule has 0 amide bonds. The summed E-state index contributed by atoms with van der Waals surface area (Å²) in [6.07, 6.45) is 1.96. The zero-order valence-electron chi connectivity index (χ0n) is 8.93. The van der Waals surface area contributed by atoms with Gasteiger partial charge in [0.2, 0.25) is 5.16 Å². The molecule has 0 saturated heterocycles. The molecule has 0 saturated carbocycles. The number of benzene rings is 1. The Morgan fingerprint density at radius 1 is 1.13 bits per heavy atom. The summed E-state index contributed by atoms with van der Waals surface area (Å²) in [5.74, 6) is 0. The third-order valence-corrected chi connectivity index (χ3v) is 2.69. The zero-order valence-corrected chi connectivity index (χ0v) is 9.75. The molecule has 0 atom stereocenters. The van der Waals surface area contributed by atoms with E-state index >= 15 is 0 Å². The van der Waals surface area contributed by atoms with Crippen LogP contribution in [0.5, 0.6) is 0 Å². The highest BCUT2D eigenvalue weighted by Gasteiger charge is 2.07. The molecule has 0 N–H and O–H groups in total. The molecule has 0 aliphatic rings. The van der Waals surface area contributed by atoms with Crippen LogP contribution in [0.2, 0.25) is 0 Å². The minimum absolute atomic E-state index is 0.806. The summed E-state index contributed by atoms with van der Waals surface area (Å²) in [5, 5.41) is 12.4. The van der Waals surface area contributed by atoms with Gasteiger partial charge in [0.25, 0.3) is 0 Å². The van der Waals surface area contributed by atoms with E-state index in [1.807, 2.05) is 6.26 Å². The number of hydrogen-bond acceptors (Lipinski definition) is 4. The minimum atomic E-state index is 0.806. The first-order chi connectivity index (χ1) is 7.20. The monoisotopic (exact) mass is 220 g/mol. The van der Waals surface area contributed by atoms with Crippen molar-refractivity contribution in [3.8, 4) is 5.69 Å². The summed E-state index contributed by atoms with van der Waals surface area (Å²) in [5.41, 5.74) is 3.45. The summed E-state index contributed by atoms with van der Waals surface area (Å²) < 4.78 is 1.75. The van der Waals surface area contributed by atoms with Crippen molar-refractivity contribution in [2.24, 2.45) is 0 Å². The molecular weight excluding hydrogens is 208 g/mol. The molecule has 1 aromatic heterocycles. The second kappa shape index (κ2) is 4.02. The highest BCUT2D eigenvalue weighted by atomic mass is 32.2. The lowest BCUT2D eigenvalue weighted by Gasteiger charge is -2.05. The van der Waals surface area contributed by atoms with Crippen molar-refractivity contribution in [2.45, 2.75) is 19.0 Å². The first-order valence-electron chi connectivity index (χ1n) is 4.62. The number of tetrazole rings is 1. The maximum Gasteiger partial charge on any atom is 0.213 e. The summed E-state index contributed by atoms with van der Waals surface area (Å²) in [4.78, 5) is 0. The molecule has 2 aromatic rings. The average Bonchev–Trinajstić information content (AvgIpc) is 2.63. The molecular formula is C10H12N4S. The Balaban J connectivity index is 2.53. The second-order valence-electron chi connectivity index (χ2n) is 3.42. The van der Waals surface area contributed by atoms with E-state index in [1.54, 1.807) is 4.68 Å². The molecule has 0 radical (unpaired) electrons. The van der Waals surface area contributed by atoms with Gasteiger partial charge in [-0.1, -0.05) is 17.8 Å². The fourth-order valence-electron chi connectivity index (χ4n) is 1.54. The molecule has 5 heteroatoms. The molecule has 15 heavy (non-hydrogen) atoms. The van der Waals surface area contributed by atoms with Crippen molar-refractivity contribution in [2.75, 3.05) is 6.26 Å². The molecule has 0 unspecified atom stereocenters. The summed E-state index contributed by atoms with van der Waals surface area (Å²) in [6.45, 7) is 4.14. The van der Waals surface area contributed by atoms with Gasteiger partial charge < -0.3 is 0 Å². The van der Waals surface area contributed by atoms with E-state index in [9.17, 15) is 0 Å². The molecule has 0 aliphatic carbocycles. The quantitative estimate of drug-likeness (QED) is 0.726. The highest BCUT2D eigenvalue weighted by molar-refractivity contribution is 7.98. The molecule has 1 aromatic carbocycles. The number of thioether (sulfide) groups is 1. The normalized spacial score (nSPS) is 10.6. The van der Waals surface area contributed by atoms with Gasteiger partial charge in [-0.05, 0) is 53.8 Å². The van der Waals surface area contributed by atoms with Crippen LogP contribution in [0, 0.1) is 13.8 Å². The molecule has 2 rings (SSSR count). The Labute approximate surface area is 92.7 Å². The van der Waals surface area contributed by atoms with Crippen LogP contribution in [0.25, 0.3) is 5.69 Å². The van der Waals surface area contributed by atoms with Crippen molar-refractivity contribution in [3.05, 3.63) is 29.3 Å². The number of aromatic nitrogens is 4. The Hall–Kier alpha value is -1.36. The topological polar surface area (TPSA) is 43.6 Å². The van der Waals surface area contributed by atoms with Gasteiger partial charge in [0, 0.05) is 0 Å². The number of hydrogen-bond donors (Lipinski definition) is 0. The van der Waals surface area contributed by atoms with Crippen LogP contribution in [0.1, 0.15) is 11.1 Å². The largest absolute Gasteiger partial charge is 0.213 e. The van der Waals surface area contributed by atoms with E-state index < -0.39 is 0 Å². The lowest BCUT2D eigenvalue weighted by atomic mass is 10.1. The van der Waals surface area contributed by atoms with Crippen molar-refractivity contribution >= 4 is 11.8 Å². The van der Waals surface area contributed by atoms with Crippen LogP contribution in [0.3, 0.4) is 0 Å². The number of rotatable bonds is 2. The molecule has 78 valence electrons. The predicted octanol–water partition coefficient (Wildman–Crippen LogP) is 2.00. The first-order valence-corrected chi connectivity index (χ1v) is 5.84. The lowest BCUT2D eigenvalue weighted by Crippen LogP contribution is -1.99. The maximum atomic E-state index is 3.97. The fourth-order valence-corrected chi connectivity index (χ4v) is 1.97. The van der Waals surface area contributed by atoms with Gasteiger partial charge in [-0.25, -0.2) is 0 Å². The molecule has 0 spiro atoms. The van der Waals surface area contributed by atoms with Crippen molar-refractivity contribution < 1.29 is 0 Å². The van der Waals surface area contributed by atoms with Gasteiger partial charge in [0.05, 0.1) is 5.69 Å². The standard InChI is InChI=1S/C10H12N4S/c1-7-4-8(2)6-9(5-7)14-10(15-3)11-12-13-14/h4-6H,1-3H3. The number of nitrogens with zero attached hydrogens (tertiary/aromatic N) is 4. The van der Waals surface area contributed by atoms with Crippen LogP contribution in [-0.4, -0.2) is 26.5 Å². The lowest BCUT2D eigenvalue weighted by molar-refractivity contribution is 0.755. The predicted molar refractivity (Wildman–Crippen MR) is 60.4 cm³/mol. The van der Waals surface area contributed by atoms with E-state index in [2.05, 4.69) is 47.6 Å². The second-order valence-corrected chi connectivity index (χ2v) is 4.20. The van der Waals surface area contributed by atoms with Gasteiger partial charge >= 0.3 is 0 Å². The highest BCUT2D eigenvalue weighted by Crippen LogP contribution is 2.17. The first kappa shape index (κ1) is 10.2. The fraction of sp³-hybridized carbons (Fsp3) is 0.300. The van der Waals surface area contributed by atoms with Crippen molar-refractivity contribution in [3.63, 3.8) is 0 Å². The molecule has 0 bridgehead atoms. The van der Waals surface area contributed by atoms with E-state index in [-0.39, 0.29) is 0 Å². The molecule has 0 aliphatic heterocycles. The SMILES string of the molecule is CSc1nnnn1-c1cc(C)cc(C)c1. The van der Waals surface area contributed by atoms with Crippen molar-refractivity contribution in [1.29, 1.82) is 0 Å². The molecule has 0 fully saturated rings. The maximum absolute atomic E-state index is 3.97. The van der Waals surface area contributed by atoms with Crippen LogP contribution in [0.4, 0.5) is 0 Å². The zero-order chi connectivity index (χ0) is 10.8. The van der Waals surface area contributed by atoms with E-state index in [0.717, 1.165) is 10.8 Å². The van der Waals surface area contributed by atoms with E-state index in [1.165, 1.54) is 22.9 Å². The van der Waals surface area contributed by atoms with Crippen LogP contribution in [-0.2, 0) is 0 Å².